The summed E-state index contributed by atoms with van der Waals surface area (Å²) in [6.45, 7) is 0. The SMILES string of the molecule is CN(C)P(N=P(N(C)C)(N(C)C)N(C)C)N(C)C. The van der Waals surface area contributed by atoms with Gasteiger partial charge in [0.25, 0.3) is 0 Å². The normalized spacial score (nSPS) is 13.8. The molecule has 0 heterocycles. The van der Waals surface area contributed by atoms with Gasteiger partial charge in [-0.05, 0) is 70.5 Å². The molecule has 0 aromatic heterocycles. The van der Waals surface area contributed by atoms with Crippen LogP contribution in [-0.2, 0) is 0 Å². The number of rotatable bonds is 6. The standard InChI is InChI=1S/C10H30N6P2/c1-12(2)17(13(3)4)11-18(14(5)6,15(7)8)16(9)10/h1-10H3. The largest absolute Gasteiger partial charge is 0.257 e. The Hall–Kier alpha value is 0.460. The molecule has 8 heteroatoms. The summed E-state index contributed by atoms with van der Waals surface area (Å²) in [5, 5.41) is 0. The molecule has 6 nitrogen and oxygen atoms in total. The molecule has 0 rings (SSSR count). The molecule has 0 N–H and O–H groups in total. The average molecular weight is 296 g/mol. The van der Waals surface area contributed by atoms with E-state index in [1.54, 1.807) is 0 Å². The van der Waals surface area contributed by atoms with Crippen LogP contribution < -0.4 is 0 Å². The smallest absolute Gasteiger partial charge is 0.172 e. The predicted molar refractivity (Wildman–Crippen MR) is 84.7 cm³/mol. The van der Waals surface area contributed by atoms with Crippen molar-refractivity contribution in [2.45, 2.75) is 0 Å². The Balaban J connectivity index is 5.82. The van der Waals surface area contributed by atoms with Crippen LogP contribution in [0.5, 0.6) is 0 Å². The zero-order valence-electron chi connectivity index (χ0n) is 13.6. The van der Waals surface area contributed by atoms with Gasteiger partial charge in [-0.25, -0.2) is 4.52 Å². The van der Waals surface area contributed by atoms with Crippen LogP contribution in [0.1, 0.15) is 0 Å². The van der Waals surface area contributed by atoms with Crippen LogP contribution in [0.2, 0.25) is 0 Å². The van der Waals surface area contributed by atoms with E-state index in [2.05, 4.69) is 93.8 Å². The summed E-state index contributed by atoms with van der Waals surface area (Å²) >= 11 is 0. The lowest BCUT2D eigenvalue weighted by atomic mass is 11.2. The quantitative estimate of drug-likeness (QED) is 0.699. The highest BCUT2D eigenvalue weighted by molar-refractivity contribution is 7.67. The maximum absolute atomic E-state index is 5.21. The van der Waals surface area contributed by atoms with Gasteiger partial charge in [-0.2, -0.15) is 0 Å². The van der Waals surface area contributed by atoms with Crippen LogP contribution in [0.25, 0.3) is 0 Å². The van der Waals surface area contributed by atoms with E-state index in [0.717, 1.165) is 0 Å². The van der Waals surface area contributed by atoms with Crippen LogP contribution in [0, 0.1) is 0 Å². The van der Waals surface area contributed by atoms with Gasteiger partial charge in [0.15, 0.2) is 15.9 Å². The van der Waals surface area contributed by atoms with Gasteiger partial charge < -0.3 is 0 Å². The molecule has 0 spiro atoms. The zero-order valence-corrected chi connectivity index (χ0v) is 15.4. The molecule has 18 heavy (non-hydrogen) atoms. The fraction of sp³-hybridized carbons (Fsp3) is 1.00. The van der Waals surface area contributed by atoms with Gasteiger partial charge in [0.1, 0.15) is 0 Å². The molecule has 0 aliphatic carbocycles. The van der Waals surface area contributed by atoms with E-state index in [4.69, 9.17) is 4.52 Å². The lowest BCUT2D eigenvalue weighted by Gasteiger charge is -2.43. The van der Waals surface area contributed by atoms with E-state index in [1.165, 1.54) is 0 Å². The molecule has 0 saturated heterocycles. The van der Waals surface area contributed by atoms with Gasteiger partial charge in [0.05, 0.1) is 0 Å². The van der Waals surface area contributed by atoms with Crippen molar-refractivity contribution in [2.24, 2.45) is 4.52 Å². The molecule has 0 unspecified atom stereocenters. The van der Waals surface area contributed by atoms with E-state index in [0.29, 0.717) is 0 Å². The second kappa shape index (κ2) is 7.30. The summed E-state index contributed by atoms with van der Waals surface area (Å²) in [5.41, 5.74) is 0. The second-order valence-electron chi connectivity index (χ2n) is 5.13. The van der Waals surface area contributed by atoms with E-state index in [-0.39, 0.29) is 0 Å². The molecule has 0 aliphatic rings. The van der Waals surface area contributed by atoms with Gasteiger partial charge in [-0.1, -0.05) is 0 Å². The second-order valence-corrected chi connectivity index (χ2v) is 11.5. The van der Waals surface area contributed by atoms with E-state index in [9.17, 15) is 0 Å². The van der Waals surface area contributed by atoms with Crippen molar-refractivity contribution in [1.82, 2.24) is 23.4 Å². The molecule has 0 aromatic carbocycles. The first-order chi connectivity index (χ1) is 8.07. The molecule has 110 valence electrons. The van der Waals surface area contributed by atoms with Crippen LogP contribution in [0.3, 0.4) is 0 Å². The molecule has 0 amide bonds. The summed E-state index contributed by atoms with van der Waals surface area (Å²) < 4.78 is 16.3. The molecule has 0 aliphatic heterocycles. The molecule has 0 saturated carbocycles. The predicted octanol–water partition coefficient (Wildman–Crippen LogP) is 1.97. The van der Waals surface area contributed by atoms with Crippen LogP contribution in [0.15, 0.2) is 4.52 Å². The fourth-order valence-corrected chi connectivity index (χ4v) is 8.86. The summed E-state index contributed by atoms with van der Waals surface area (Å²) in [5.74, 6) is 0. The third-order valence-corrected chi connectivity index (χ3v) is 8.78. The molecule has 0 radical (unpaired) electrons. The highest BCUT2D eigenvalue weighted by Gasteiger charge is 2.31. The van der Waals surface area contributed by atoms with Crippen LogP contribution >= 0.6 is 15.9 Å². The van der Waals surface area contributed by atoms with Crippen molar-refractivity contribution in [3.63, 3.8) is 0 Å². The van der Waals surface area contributed by atoms with Crippen LogP contribution in [-0.4, -0.2) is 93.8 Å². The molecule has 0 fully saturated rings. The Morgan fingerprint density at radius 1 is 0.611 bits per heavy atom. The minimum Gasteiger partial charge on any atom is -0.257 e. The first kappa shape index (κ1) is 18.5. The van der Waals surface area contributed by atoms with E-state index in [1.807, 2.05) is 0 Å². The van der Waals surface area contributed by atoms with Gasteiger partial charge in [0, 0.05) is 0 Å². The van der Waals surface area contributed by atoms with Gasteiger partial charge in [-0.3, -0.25) is 23.4 Å². The van der Waals surface area contributed by atoms with E-state index < -0.39 is 15.9 Å². The number of hydrogen-bond donors (Lipinski definition) is 0. The third kappa shape index (κ3) is 3.97. The zero-order chi connectivity index (χ0) is 14.7. The summed E-state index contributed by atoms with van der Waals surface area (Å²) in [7, 11) is 18.5. The van der Waals surface area contributed by atoms with Crippen molar-refractivity contribution in [3.8, 4) is 0 Å². The van der Waals surface area contributed by atoms with Crippen LogP contribution in [0.4, 0.5) is 0 Å². The lowest BCUT2D eigenvalue weighted by Crippen LogP contribution is -2.31. The highest BCUT2D eigenvalue weighted by Crippen LogP contribution is 2.62. The van der Waals surface area contributed by atoms with Crippen molar-refractivity contribution < 1.29 is 0 Å². The Labute approximate surface area is 115 Å². The van der Waals surface area contributed by atoms with Gasteiger partial charge in [-0.15, -0.1) is 0 Å². The summed E-state index contributed by atoms with van der Waals surface area (Å²) in [6.07, 6.45) is 0. The Kier molecular flexibility index (Phi) is 7.48. The minimum atomic E-state index is -1.81. The Morgan fingerprint density at radius 2 is 0.889 bits per heavy atom. The van der Waals surface area contributed by atoms with Crippen molar-refractivity contribution in [3.05, 3.63) is 0 Å². The maximum atomic E-state index is 5.21. The molecule has 0 bridgehead atoms. The summed E-state index contributed by atoms with van der Waals surface area (Å²) in [4.78, 5) is 0. The lowest BCUT2D eigenvalue weighted by molar-refractivity contribution is 0.473. The van der Waals surface area contributed by atoms with Crippen molar-refractivity contribution in [2.75, 3.05) is 70.5 Å². The monoisotopic (exact) mass is 296 g/mol. The van der Waals surface area contributed by atoms with Gasteiger partial charge in [0.2, 0.25) is 0 Å². The number of nitrogens with zero attached hydrogens (tertiary/aromatic N) is 6. The Morgan fingerprint density at radius 3 is 1.06 bits per heavy atom. The number of hydrogen-bond acceptors (Lipinski definition) is 3. The molecule has 0 aromatic rings. The molecule has 0 atom stereocenters. The fourth-order valence-electron chi connectivity index (χ4n) is 1.94. The molecular formula is C10H30N6P2. The first-order valence-corrected chi connectivity index (χ1v) is 8.67. The minimum absolute atomic E-state index is 0.648. The topological polar surface area (TPSA) is 28.6 Å². The maximum Gasteiger partial charge on any atom is 0.172 e. The average Bonchev–Trinajstić information content (AvgIpc) is 2.15. The van der Waals surface area contributed by atoms with Gasteiger partial charge >= 0.3 is 0 Å². The van der Waals surface area contributed by atoms with E-state index >= 15 is 0 Å². The van der Waals surface area contributed by atoms with Crippen molar-refractivity contribution in [1.29, 1.82) is 0 Å². The molecular weight excluding hydrogens is 266 g/mol. The first-order valence-electron chi connectivity index (χ1n) is 5.87. The Bertz CT molecular complexity index is 264. The summed E-state index contributed by atoms with van der Waals surface area (Å²) in [6, 6.07) is 0. The highest BCUT2D eigenvalue weighted by atomic mass is 31.2. The third-order valence-electron chi connectivity index (χ3n) is 2.53. The van der Waals surface area contributed by atoms with Crippen molar-refractivity contribution >= 4 is 15.9 Å².